The number of anilines is 1. The van der Waals surface area contributed by atoms with Crippen molar-refractivity contribution in [1.82, 2.24) is 0 Å². The van der Waals surface area contributed by atoms with E-state index in [9.17, 15) is 10.1 Å². The summed E-state index contributed by atoms with van der Waals surface area (Å²) in [5.74, 6) is 0.511. The van der Waals surface area contributed by atoms with Crippen LogP contribution < -0.4 is 5.73 Å². The van der Waals surface area contributed by atoms with E-state index in [0.29, 0.717) is 22.0 Å². The molecule has 0 aromatic heterocycles. The molecule has 0 spiro atoms. The van der Waals surface area contributed by atoms with E-state index in [1.807, 2.05) is 12.1 Å². The molecule has 2 N–H and O–H groups in total. The van der Waals surface area contributed by atoms with E-state index in [0.717, 1.165) is 4.90 Å². The van der Waals surface area contributed by atoms with Crippen LogP contribution in [0.4, 0.5) is 11.4 Å². The first kappa shape index (κ1) is 13.7. The summed E-state index contributed by atoms with van der Waals surface area (Å²) in [6.07, 6.45) is 0. The lowest BCUT2D eigenvalue weighted by Gasteiger charge is -2.04. The second kappa shape index (κ2) is 5.95. The highest BCUT2D eigenvalue weighted by Gasteiger charge is 2.14. The minimum Gasteiger partial charge on any atom is -0.399 e. The molecule has 98 valence electrons. The second-order valence-corrected chi connectivity index (χ2v) is 5.37. The summed E-state index contributed by atoms with van der Waals surface area (Å²) in [5.41, 5.74) is 7.00. The Labute approximate surface area is 119 Å². The molecule has 2 rings (SSSR count). The van der Waals surface area contributed by atoms with Gasteiger partial charge in [0.25, 0.3) is 5.69 Å². The first-order valence-electron chi connectivity index (χ1n) is 5.47. The molecular weight excluding hydrogens is 284 g/mol. The van der Waals surface area contributed by atoms with Crippen molar-refractivity contribution in [2.45, 2.75) is 10.6 Å². The van der Waals surface area contributed by atoms with Crippen LogP contribution in [-0.2, 0) is 5.75 Å². The lowest BCUT2D eigenvalue weighted by atomic mass is 10.2. The summed E-state index contributed by atoms with van der Waals surface area (Å²) in [6, 6.07) is 12.1. The Hall–Kier alpha value is -1.72. The van der Waals surface area contributed by atoms with E-state index >= 15 is 0 Å². The molecule has 0 heterocycles. The number of hydrogen-bond acceptors (Lipinski definition) is 4. The average Bonchev–Trinajstić information content (AvgIpc) is 2.39. The molecule has 0 saturated heterocycles. The van der Waals surface area contributed by atoms with Gasteiger partial charge in [0.1, 0.15) is 0 Å². The molecule has 6 heteroatoms. The largest absolute Gasteiger partial charge is 0.399 e. The third kappa shape index (κ3) is 3.62. The van der Waals surface area contributed by atoms with E-state index in [-0.39, 0.29) is 5.69 Å². The Morgan fingerprint density at radius 3 is 2.53 bits per heavy atom. The van der Waals surface area contributed by atoms with Crippen molar-refractivity contribution in [3.63, 3.8) is 0 Å². The van der Waals surface area contributed by atoms with E-state index in [1.54, 1.807) is 24.3 Å². The Bertz CT molecular complexity index is 602. The number of rotatable bonds is 4. The van der Waals surface area contributed by atoms with Crippen LogP contribution in [0, 0.1) is 10.1 Å². The maximum Gasteiger partial charge on any atom is 0.274 e. The standard InChI is InChI=1S/C13H11ClN2O2S/c14-10-2-1-9(13(7-10)16(17)18)8-19-12-5-3-11(15)4-6-12/h1-7H,8,15H2. The van der Waals surface area contributed by atoms with Gasteiger partial charge in [-0.2, -0.15) is 0 Å². The first-order chi connectivity index (χ1) is 9.06. The lowest BCUT2D eigenvalue weighted by molar-refractivity contribution is -0.385. The summed E-state index contributed by atoms with van der Waals surface area (Å²) in [4.78, 5) is 11.6. The highest BCUT2D eigenvalue weighted by molar-refractivity contribution is 7.98. The van der Waals surface area contributed by atoms with Crippen molar-refractivity contribution in [3.8, 4) is 0 Å². The molecule has 0 aliphatic rings. The number of nitrogen functional groups attached to an aromatic ring is 1. The number of thioether (sulfide) groups is 1. The van der Waals surface area contributed by atoms with Crippen LogP contribution in [0.5, 0.6) is 0 Å². The van der Waals surface area contributed by atoms with Gasteiger partial charge in [0.15, 0.2) is 0 Å². The minimum absolute atomic E-state index is 0.0513. The fourth-order valence-electron chi connectivity index (χ4n) is 1.55. The van der Waals surface area contributed by atoms with Crippen molar-refractivity contribution in [2.24, 2.45) is 0 Å². The molecule has 2 aromatic rings. The number of hydrogen-bond donors (Lipinski definition) is 1. The Kier molecular flexibility index (Phi) is 4.29. The minimum atomic E-state index is -0.412. The summed E-state index contributed by atoms with van der Waals surface area (Å²) >= 11 is 7.29. The average molecular weight is 295 g/mol. The number of nitrogens with two attached hydrogens (primary N) is 1. The van der Waals surface area contributed by atoms with Gasteiger partial charge in [-0.25, -0.2) is 0 Å². The third-order valence-corrected chi connectivity index (χ3v) is 3.81. The maximum absolute atomic E-state index is 11.0. The van der Waals surface area contributed by atoms with Gasteiger partial charge < -0.3 is 5.73 Å². The third-order valence-electron chi connectivity index (χ3n) is 2.52. The van der Waals surface area contributed by atoms with Gasteiger partial charge in [-0.1, -0.05) is 11.6 Å². The van der Waals surface area contributed by atoms with Crippen LogP contribution in [0.1, 0.15) is 5.56 Å². The molecule has 0 aliphatic carbocycles. The zero-order valence-corrected chi connectivity index (χ0v) is 11.4. The lowest BCUT2D eigenvalue weighted by Crippen LogP contribution is -1.94. The molecule has 0 atom stereocenters. The molecular formula is C13H11ClN2O2S. The fraction of sp³-hybridized carbons (Fsp3) is 0.0769. The highest BCUT2D eigenvalue weighted by Crippen LogP contribution is 2.30. The molecule has 0 bridgehead atoms. The molecule has 0 amide bonds. The summed E-state index contributed by atoms with van der Waals surface area (Å²) < 4.78 is 0. The Morgan fingerprint density at radius 2 is 1.89 bits per heavy atom. The molecule has 0 aliphatic heterocycles. The Morgan fingerprint density at radius 1 is 1.21 bits per heavy atom. The maximum atomic E-state index is 11.0. The number of nitro groups is 1. The predicted molar refractivity (Wildman–Crippen MR) is 78.5 cm³/mol. The number of nitrogens with zero attached hydrogens (tertiary/aromatic N) is 1. The van der Waals surface area contributed by atoms with Crippen LogP contribution in [0.25, 0.3) is 0 Å². The highest BCUT2D eigenvalue weighted by atomic mass is 35.5. The van der Waals surface area contributed by atoms with Gasteiger partial charge in [0, 0.05) is 33.0 Å². The van der Waals surface area contributed by atoms with Crippen molar-refractivity contribution in [1.29, 1.82) is 0 Å². The van der Waals surface area contributed by atoms with Crippen molar-refractivity contribution in [3.05, 3.63) is 63.2 Å². The molecule has 0 saturated carbocycles. The summed E-state index contributed by atoms with van der Waals surface area (Å²) in [7, 11) is 0. The molecule has 2 aromatic carbocycles. The Balaban J connectivity index is 2.15. The van der Waals surface area contributed by atoms with Crippen molar-refractivity contribution < 1.29 is 4.92 Å². The quantitative estimate of drug-likeness (QED) is 0.398. The predicted octanol–water partition coefficient (Wildman–Crippen LogP) is 4.12. The van der Waals surface area contributed by atoms with Gasteiger partial charge in [-0.3, -0.25) is 10.1 Å². The normalized spacial score (nSPS) is 10.4. The summed E-state index contributed by atoms with van der Waals surface area (Å²) in [6.45, 7) is 0. The fourth-order valence-corrected chi connectivity index (χ4v) is 2.62. The van der Waals surface area contributed by atoms with E-state index in [2.05, 4.69) is 0 Å². The molecule has 0 radical (unpaired) electrons. The van der Waals surface area contributed by atoms with Crippen molar-refractivity contribution >= 4 is 34.7 Å². The SMILES string of the molecule is Nc1ccc(SCc2ccc(Cl)cc2[N+](=O)[O-])cc1. The van der Waals surface area contributed by atoms with Crippen LogP contribution in [0.15, 0.2) is 47.4 Å². The van der Waals surface area contributed by atoms with Crippen molar-refractivity contribution in [2.75, 3.05) is 5.73 Å². The van der Waals surface area contributed by atoms with Gasteiger partial charge in [-0.05, 0) is 36.4 Å². The van der Waals surface area contributed by atoms with Crippen LogP contribution in [0.2, 0.25) is 5.02 Å². The number of nitro benzene ring substituents is 1. The van der Waals surface area contributed by atoms with Crippen LogP contribution in [-0.4, -0.2) is 4.92 Å². The van der Waals surface area contributed by atoms with Gasteiger partial charge in [-0.15, -0.1) is 11.8 Å². The van der Waals surface area contributed by atoms with Crippen LogP contribution in [0.3, 0.4) is 0 Å². The van der Waals surface area contributed by atoms with E-state index < -0.39 is 4.92 Å². The second-order valence-electron chi connectivity index (χ2n) is 3.89. The number of halogens is 1. The summed E-state index contributed by atoms with van der Waals surface area (Å²) in [5, 5.41) is 11.3. The smallest absolute Gasteiger partial charge is 0.274 e. The van der Waals surface area contributed by atoms with E-state index in [1.165, 1.54) is 17.8 Å². The molecule has 0 fully saturated rings. The van der Waals surface area contributed by atoms with Gasteiger partial charge in [0.2, 0.25) is 0 Å². The molecule has 0 unspecified atom stereocenters. The molecule has 19 heavy (non-hydrogen) atoms. The first-order valence-corrected chi connectivity index (χ1v) is 6.84. The zero-order valence-electron chi connectivity index (χ0n) is 9.88. The van der Waals surface area contributed by atoms with Crippen LogP contribution >= 0.6 is 23.4 Å². The number of benzene rings is 2. The zero-order chi connectivity index (χ0) is 13.8. The van der Waals surface area contributed by atoms with Gasteiger partial charge in [0.05, 0.1) is 4.92 Å². The monoisotopic (exact) mass is 294 g/mol. The van der Waals surface area contributed by atoms with Gasteiger partial charge >= 0.3 is 0 Å². The van der Waals surface area contributed by atoms with E-state index in [4.69, 9.17) is 17.3 Å². The molecule has 4 nitrogen and oxygen atoms in total. The topological polar surface area (TPSA) is 69.2 Å².